The van der Waals surface area contributed by atoms with E-state index in [1.165, 1.54) is 0 Å². The van der Waals surface area contributed by atoms with E-state index >= 15 is 0 Å². The molecule has 0 aromatic heterocycles. The van der Waals surface area contributed by atoms with E-state index in [9.17, 15) is 0 Å². The number of nitrogen functional groups attached to an aromatic ring is 1. The van der Waals surface area contributed by atoms with Gasteiger partial charge in [-0.2, -0.15) is 5.26 Å². The molecule has 0 saturated heterocycles. The first-order valence-electron chi connectivity index (χ1n) is 5.82. The van der Waals surface area contributed by atoms with Crippen molar-refractivity contribution in [3.8, 4) is 6.07 Å². The summed E-state index contributed by atoms with van der Waals surface area (Å²) < 4.78 is 0. The molecule has 0 heterocycles. The van der Waals surface area contributed by atoms with Crippen molar-refractivity contribution < 1.29 is 0 Å². The molecule has 2 rings (SSSR count). The zero-order chi connectivity index (χ0) is 14.0. The molecule has 0 saturated carbocycles. The van der Waals surface area contributed by atoms with Gasteiger partial charge >= 0.3 is 0 Å². The van der Waals surface area contributed by atoms with Gasteiger partial charge in [-0.05, 0) is 48.9 Å². The molecule has 96 valence electrons. The fourth-order valence-corrected chi connectivity index (χ4v) is 2.11. The summed E-state index contributed by atoms with van der Waals surface area (Å²) in [5, 5.41) is 9.34. The van der Waals surface area contributed by atoms with Crippen LogP contribution in [0.4, 0.5) is 17.1 Å². The van der Waals surface area contributed by atoms with Crippen LogP contribution in [-0.4, -0.2) is 7.05 Å². The summed E-state index contributed by atoms with van der Waals surface area (Å²) in [6.07, 6.45) is 0. The van der Waals surface area contributed by atoms with Crippen molar-refractivity contribution >= 4 is 28.7 Å². The van der Waals surface area contributed by atoms with Crippen LogP contribution in [-0.2, 0) is 0 Å². The molecule has 0 unspecified atom stereocenters. The average molecular weight is 272 g/mol. The lowest BCUT2D eigenvalue weighted by molar-refractivity contribution is 1.18. The Morgan fingerprint density at radius 1 is 1.21 bits per heavy atom. The minimum Gasteiger partial charge on any atom is -0.398 e. The predicted octanol–water partition coefficient (Wildman–Crippen LogP) is 3.87. The van der Waals surface area contributed by atoms with Gasteiger partial charge in [0.2, 0.25) is 0 Å². The Labute approximate surface area is 117 Å². The van der Waals surface area contributed by atoms with Gasteiger partial charge in [0.25, 0.3) is 0 Å². The minimum absolute atomic E-state index is 0.543. The van der Waals surface area contributed by atoms with Gasteiger partial charge in [-0.25, -0.2) is 0 Å². The van der Waals surface area contributed by atoms with Crippen molar-refractivity contribution in [1.29, 1.82) is 5.26 Å². The fourth-order valence-electron chi connectivity index (χ4n) is 1.95. The highest BCUT2D eigenvalue weighted by molar-refractivity contribution is 6.33. The lowest BCUT2D eigenvalue weighted by atomic mass is 10.1. The van der Waals surface area contributed by atoms with Crippen molar-refractivity contribution in [3.63, 3.8) is 0 Å². The van der Waals surface area contributed by atoms with Crippen LogP contribution in [0, 0.1) is 18.3 Å². The van der Waals surface area contributed by atoms with E-state index in [1.54, 1.807) is 12.1 Å². The standard InChI is InChI=1S/C15H14ClN3/c1-10-7-14(18)13(16)8-15(10)19(2)12-5-3-11(9-17)4-6-12/h3-8H,18H2,1-2H3. The third-order valence-corrected chi connectivity index (χ3v) is 3.39. The Balaban J connectivity index is 2.41. The fraction of sp³-hybridized carbons (Fsp3) is 0.133. The average Bonchev–Trinajstić information content (AvgIpc) is 2.42. The van der Waals surface area contributed by atoms with Gasteiger partial charge in [-0.15, -0.1) is 0 Å². The van der Waals surface area contributed by atoms with Crippen LogP contribution in [0.15, 0.2) is 36.4 Å². The number of hydrogen-bond donors (Lipinski definition) is 1. The van der Waals surface area contributed by atoms with Crippen LogP contribution in [0.5, 0.6) is 0 Å². The summed E-state index contributed by atoms with van der Waals surface area (Å²) in [5.41, 5.74) is 10.0. The zero-order valence-corrected chi connectivity index (χ0v) is 11.6. The lowest BCUT2D eigenvalue weighted by Gasteiger charge is -2.22. The molecule has 0 amide bonds. The van der Waals surface area contributed by atoms with Crippen molar-refractivity contribution in [2.24, 2.45) is 0 Å². The number of hydrogen-bond acceptors (Lipinski definition) is 3. The highest BCUT2D eigenvalue weighted by Gasteiger charge is 2.09. The molecule has 19 heavy (non-hydrogen) atoms. The second-order valence-electron chi connectivity index (χ2n) is 4.38. The number of nitriles is 1. The summed E-state index contributed by atoms with van der Waals surface area (Å²) in [7, 11) is 1.95. The van der Waals surface area contributed by atoms with Crippen LogP contribution in [0.1, 0.15) is 11.1 Å². The normalized spacial score (nSPS) is 10.0. The third kappa shape index (κ3) is 2.64. The summed E-state index contributed by atoms with van der Waals surface area (Å²) >= 11 is 6.07. The first-order chi connectivity index (χ1) is 9.02. The van der Waals surface area contributed by atoms with Gasteiger partial charge in [0, 0.05) is 18.4 Å². The molecule has 0 fully saturated rings. The van der Waals surface area contributed by atoms with E-state index in [4.69, 9.17) is 22.6 Å². The maximum Gasteiger partial charge on any atom is 0.0991 e. The molecule has 0 spiro atoms. The maximum atomic E-state index is 8.80. The number of rotatable bonds is 2. The highest BCUT2D eigenvalue weighted by Crippen LogP contribution is 2.32. The second-order valence-corrected chi connectivity index (χ2v) is 4.79. The van der Waals surface area contributed by atoms with Crippen molar-refractivity contribution in [2.75, 3.05) is 17.7 Å². The van der Waals surface area contributed by atoms with Crippen molar-refractivity contribution in [2.45, 2.75) is 6.92 Å². The topological polar surface area (TPSA) is 53.0 Å². The second kappa shape index (κ2) is 5.21. The highest BCUT2D eigenvalue weighted by atomic mass is 35.5. The van der Waals surface area contributed by atoms with Crippen LogP contribution >= 0.6 is 11.6 Å². The van der Waals surface area contributed by atoms with Gasteiger partial charge in [-0.1, -0.05) is 11.6 Å². The van der Waals surface area contributed by atoms with E-state index in [2.05, 4.69) is 6.07 Å². The van der Waals surface area contributed by atoms with E-state index in [0.29, 0.717) is 16.3 Å². The number of anilines is 3. The van der Waals surface area contributed by atoms with Crippen LogP contribution < -0.4 is 10.6 Å². The minimum atomic E-state index is 0.543. The van der Waals surface area contributed by atoms with Crippen molar-refractivity contribution in [3.05, 3.63) is 52.5 Å². The number of nitrogens with zero attached hydrogens (tertiary/aromatic N) is 2. The third-order valence-electron chi connectivity index (χ3n) is 3.06. The van der Waals surface area contributed by atoms with Gasteiger partial charge < -0.3 is 10.6 Å². The predicted molar refractivity (Wildman–Crippen MR) is 79.8 cm³/mol. The monoisotopic (exact) mass is 271 g/mol. The molecule has 0 aliphatic heterocycles. The van der Waals surface area contributed by atoms with E-state index in [1.807, 2.05) is 43.1 Å². The number of benzene rings is 2. The summed E-state index contributed by atoms with van der Waals surface area (Å²) in [4.78, 5) is 2.02. The van der Waals surface area contributed by atoms with E-state index in [0.717, 1.165) is 16.9 Å². The lowest BCUT2D eigenvalue weighted by Crippen LogP contribution is -2.11. The molecule has 0 aliphatic carbocycles. The van der Waals surface area contributed by atoms with Gasteiger partial charge in [-0.3, -0.25) is 0 Å². The zero-order valence-electron chi connectivity index (χ0n) is 10.8. The molecule has 0 atom stereocenters. The Morgan fingerprint density at radius 3 is 2.42 bits per heavy atom. The largest absolute Gasteiger partial charge is 0.398 e. The van der Waals surface area contributed by atoms with E-state index in [-0.39, 0.29) is 0 Å². The van der Waals surface area contributed by atoms with Crippen LogP contribution in [0.25, 0.3) is 0 Å². The Morgan fingerprint density at radius 2 is 1.84 bits per heavy atom. The van der Waals surface area contributed by atoms with E-state index < -0.39 is 0 Å². The van der Waals surface area contributed by atoms with Gasteiger partial charge in [0.05, 0.1) is 22.3 Å². The number of aryl methyl sites for hydroxylation is 1. The first kappa shape index (κ1) is 13.3. The van der Waals surface area contributed by atoms with Crippen LogP contribution in [0.2, 0.25) is 5.02 Å². The molecule has 2 aromatic carbocycles. The molecule has 2 aromatic rings. The SMILES string of the molecule is Cc1cc(N)c(Cl)cc1N(C)c1ccc(C#N)cc1. The Kier molecular flexibility index (Phi) is 3.64. The summed E-state index contributed by atoms with van der Waals surface area (Å²) in [5.74, 6) is 0. The molecular formula is C15H14ClN3. The summed E-state index contributed by atoms with van der Waals surface area (Å²) in [6.45, 7) is 1.99. The first-order valence-corrected chi connectivity index (χ1v) is 6.20. The molecule has 0 bridgehead atoms. The molecule has 0 aliphatic rings. The van der Waals surface area contributed by atoms with Crippen molar-refractivity contribution in [1.82, 2.24) is 0 Å². The maximum absolute atomic E-state index is 8.80. The molecular weight excluding hydrogens is 258 g/mol. The van der Waals surface area contributed by atoms with Gasteiger partial charge in [0.1, 0.15) is 0 Å². The molecule has 4 heteroatoms. The molecule has 2 N–H and O–H groups in total. The number of nitrogens with two attached hydrogens (primary N) is 1. The number of halogens is 1. The molecule has 3 nitrogen and oxygen atoms in total. The van der Waals surface area contributed by atoms with Crippen LogP contribution in [0.3, 0.4) is 0 Å². The quantitative estimate of drug-likeness (QED) is 0.844. The summed E-state index contributed by atoms with van der Waals surface area (Å²) in [6, 6.07) is 13.2. The molecule has 0 radical (unpaired) electrons. The Bertz CT molecular complexity index is 642. The Hall–Kier alpha value is -2.18. The smallest absolute Gasteiger partial charge is 0.0991 e. The van der Waals surface area contributed by atoms with Gasteiger partial charge in [0.15, 0.2) is 0 Å².